The predicted octanol–water partition coefficient (Wildman–Crippen LogP) is 7.02. The zero-order valence-corrected chi connectivity index (χ0v) is 16.3. The lowest BCUT2D eigenvalue weighted by atomic mass is 10.2. The minimum absolute atomic E-state index is 1.21. The van der Waals surface area contributed by atoms with Crippen molar-refractivity contribution in [2.45, 2.75) is 9.79 Å². The molecule has 0 aliphatic carbocycles. The van der Waals surface area contributed by atoms with Gasteiger partial charge < -0.3 is 9.47 Å². The van der Waals surface area contributed by atoms with Crippen LogP contribution in [0.4, 0.5) is 11.4 Å². The Morgan fingerprint density at radius 1 is 0.607 bits per heavy atom. The summed E-state index contributed by atoms with van der Waals surface area (Å²) >= 11 is 1.85. The van der Waals surface area contributed by atoms with Crippen molar-refractivity contribution >= 4 is 44.9 Å². The number of nitrogens with zero attached hydrogens (tertiary/aromatic N) is 2. The van der Waals surface area contributed by atoms with Crippen molar-refractivity contribution in [1.29, 1.82) is 0 Å². The highest BCUT2D eigenvalue weighted by Gasteiger charge is 2.21. The monoisotopic (exact) mass is 378 g/mol. The van der Waals surface area contributed by atoms with Crippen LogP contribution in [0.5, 0.6) is 0 Å². The molecule has 1 aromatic heterocycles. The molecule has 1 aliphatic rings. The normalized spacial score (nSPS) is 13.0. The second-order valence-corrected chi connectivity index (χ2v) is 8.23. The maximum Gasteiger partial charge on any atom is 0.0551 e. The molecule has 0 radical (unpaired) electrons. The van der Waals surface area contributed by atoms with Crippen molar-refractivity contribution in [3.63, 3.8) is 0 Å². The van der Waals surface area contributed by atoms with Crippen LogP contribution in [0, 0.1) is 0 Å². The predicted molar refractivity (Wildman–Crippen MR) is 119 cm³/mol. The van der Waals surface area contributed by atoms with Gasteiger partial charge in [-0.3, -0.25) is 0 Å². The number of anilines is 2. The van der Waals surface area contributed by atoms with Crippen molar-refractivity contribution < 1.29 is 0 Å². The van der Waals surface area contributed by atoms with E-state index in [0.29, 0.717) is 0 Å². The fraction of sp³-hybridized carbons (Fsp3) is 0.0400. The van der Waals surface area contributed by atoms with E-state index in [-0.39, 0.29) is 0 Å². The first-order valence-electron chi connectivity index (χ1n) is 9.44. The molecule has 0 saturated heterocycles. The maximum absolute atomic E-state index is 2.38. The maximum atomic E-state index is 2.38. The van der Waals surface area contributed by atoms with Crippen LogP contribution in [0.15, 0.2) is 101 Å². The smallest absolute Gasteiger partial charge is 0.0551 e. The van der Waals surface area contributed by atoms with Crippen LogP contribution in [0.2, 0.25) is 0 Å². The van der Waals surface area contributed by atoms with E-state index >= 15 is 0 Å². The van der Waals surface area contributed by atoms with Crippen LogP contribution in [-0.4, -0.2) is 11.6 Å². The highest BCUT2D eigenvalue weighted by molar-refractivity contribution is 7.99. The molecule has 0 amide bonds. The molecule has 0 unspecified atom stereocenters. The zero-order chi connectivity index (χ0) is 18.7. The third-order valence-corrected chi connectivity index (χ3v) is 6.70. The van der Waals surface area contributed by atoms with E-state index in [1.165, 1.54) is 48.7 Å². The van der Waals surface area contributed by atoms with Crippen molar-refractivity contribution in [1.82, 2.24) is 4.57 Å². The Labute approximate surface area is 168 Å². The Bertz CT molecular complexity index is 1310. The fourth-order valence-corrected chi connectivity index (χ4v) is 5.45. The largest absolute Gasteiger partial charge is 0.343 e. The average molecular weight is 379 g/mol. The number of fused-ring (bicyclic) bond motifs is 5. The fourth-order valence-electron chi connectivity index (χ4n) is 4.27. The summed E-state index contributed by atoms with van der Waals surface area (Å²) in [6, 6.07) is 32.7. The van der Waals surface area contributed by atoms with Gasteiger partial charge in [0.15, 0.2) is 0 Å². The van der Waals surface area contributed by atoms with E-state index in [4.69, 9.17) is 0 Å². The van der Waals surface area contributed by atoms with Crippen molar-refractivity contribution in [2.24, 2.45) is 0 Å². The second kappa shape index (κ2) is 5.91. The van der Waals surface area contributed by atoms with Gasteiger partial charge in [0.05, 0.1) is 22.4 Å². The summed E-state index contributed by atoms with van der Waals surface area (Å²) in [5, 5.41) is 2.59. The van der Waals surface area contributed by atoms with Crippen LogP contribution in [0.1, 0.15) is 0 Å². The van der Waals surface area contributed by atoms with Gasteiger partial charge in [0.1, 0.15) is 0 Å². The molecule has 4 aromatic carbocycles. The average Bonchev–Trinajstić information content (AvgIpc) is 3.08. The van der Waals surface area contributed by atoms with Gasteiger partial charge in [0.25, 0.3) is 0 Å². The summed E-state index contributed by atoms with van der Waals surface area (Å²) in [5.74, 6) is 0. The highest BCUT2D eigenvalue weighted by atomic mass is 32.2. The number of hydrogen-bond acceptors (Lipinski definition) is 2. The molecular formula is C25H18N2S. The SMILES string of the molecule is CN1c2ccccc2Sc2cc(-n3c4ccccc4c4ccccc43)ccc21. The third-order valence-electron chi connectivity index (χ3n) is 5.59. The standard InChI is InChI=1S/C25H18N2S/c1-26-22-12-6-7-13-24(22)28-25-16-17(14-15-23(25)26)27-20-10-4-2-8-18(20)19-9-3-5-11-21(19)27/h2-16H,1H3. The van der Waals surface area contributed by atoms with Crippen molar-refractivity contribution in [3.05, 3.63) is 91.0 Å². The van der Waals surface area contributed by atoms with Crippen LogP contribution < -0.4 is 4.90 Å². The quantitative estimate of drug-likeness (QED) is 0.310. The van der Waals surface area contributed by atoms with E-state index in [0.717, 1.165) is 0 Å². The Kier molecular flexibility index (Phi) is 3.35. The molecule has 5 aromatic rings. The first-order chi connectivity index (χ1) is 13.8. The van der Waals surface area contributed by atoms with Gasteiger partial charge in [-0.1, -0.05) is 60.3 Å². The molecule has 2 nitrogen and oxygen atoms in total. The molecule has 28 heavy (non-hydrogen) atoms. The lowest BCUT2D eigenvalue weighted by Gasteiger charge is -2.29. The van der Waals surface area contributed by atoms with Gasteiger partial charge >= 0.3 is 0 Å². The van der Waals surface area contributed by atoms with E-state index in [2.05, 4.69) is 108 Å². The Morgan fingerprint density at radius 2 is 1.21 bits per heavy atom. The molecule has 0 bridgehead atoms. The lowest BCUT2D eigenvalue weighted by Crippen LogP contribution is -2.14. The molecule has 1 aliphatic heterocycles. The van der Waals surface area contributed by atoms with E-state index in [9.17, 15) is 0 Å². The topological polar surface area (TPSA) is 8.17 Å². The Morgan fingerprint density at radius 3 is 1.96 bits per heavy atom. The summed E-state index contributed by atoms with van der Waals surface area (Å²) < 4.78 is 2.38. The molecule has 0 fully saturated rings. The number of hydrogen-bond donors (Lipinski definition) is 0. The molecule has 0 atom stereocenters. The summed E-state index contributed by atoms with van der Waals surface area (Å²) in [4.78, 5) is 4.88. The molecular weight excluding hydrogens is 360 g/mol. The highest BCUT2D eigenvalue weighted by Crippen LogP contribution is 2.48. The summed E-state index contributed by atoms with van der Waals surface area (Å²) in [5.41, 5.74) is 6.23. The van der Waals surface area contributed by atoms with Gasteiger partial charge in [-0.25, -0.2) is 0 Å². The van der Waals surface area contributed by atoms with Crippen molar-refractivity contribution in [3.8, 4) is 5.69 Å². The van der Waals surface area contributed by atoms with E-state index in [1.807, 2.05) is 11.8 Å². The molecule has 0 N–H and O–H groups in total. The Hall–Kier alpha value is -3.17. The number of rotatable bonds is 1. The first-order valence-corrected chi connectivity index (χ1v) is 10.3. The van der Waals surface area contributed by atoms with Crippen LogP contribution >= 0.6 is 11.8 Å². The molecule has 0 spiro atoms. The zero-order valence-electron chi connectivity index (χ0n) is 15.5. The lowest BCUT2D eigenvalue weighted by molar-refractivity contribution is 1.09. The molecule has 3 heteroatoms. The Balaban J connectivity index is 1.60. The molecule has 6 rings (SSSR count). The van der Waals surface area contributed by atoms with Crippen LogP contribution in [0.3, 0.4) is 0 Å². The van der Waals surface area contributed by atoms with E-state index in [1.54, 1.807) is 0 Å². The van der Waals surface area contributed by atoms with Gasteiger partial charge in [-0.15, -0.1) is 0 Å². The summed E-state index contributed by atoms with van der Waals surface area (Å²) in [7, 11) is 2.15. The molecule has 0 saturated carbocycles. The number of aromatic nitrogens is 1. The van der Waals surface area contributed by atoms with Gasteiger partial charge in [-0.05, 0) is 42.5 Å². The van der Waals surface area contributed by atoms with Crippen LogP contribution in [0.25, 0.3) is 27.5 Å². The van der Waals surface area contributed by atoms with Gasteiger partial charge in [0.2, 0.25) is 0 Å². The second-order valence-electron chi connectivity index (χ2n) is 7.15. The number of benzene rings is 4. The van der Waals surface area contributed by atoms with Crippen molar-refractivity contribution in [2.75, 3.05) is 11.9 Å². The molecule has 2 heterocycles. The molecule has 134 valence electrons. The van der Waals surface area contributed by atoms with Crippen LogP contribution in [-0.2, 0) is 0 Å². The minimum atomic E-state index is 1.21. The summed E-state index contributed by atoms with van der Waals surface area (Å²) in [6.45, 7) is 0. The third kappa shape index (κ3) is 2.17. The van der Waals surface area contributed by atoms with Gasteiger partial charge in [0, 0.05) is 33.3 Å². The van der Waals surface area contributed by atoms with Gasteiger partial charge in [-0.2, -0.15) is 0 Å². The summed E-state index contributed by atoms with van der Waals surface area (Å²) in [6.07, 6.45) is 0. The first kappa shape index (κ1) is 15.8. The van der Waals surface area contributed by atoms with E-state index < -0.39 is 0 Å². The minimum Gasteiger partial charge on any atom is -0.343 e. The number of para-hydroxylation sites is 3.